The van der Waals surface area contributed by atoms with Crippen molar-refractivity contribution in [3.63, 3.8) is 0 Å². The molecule has 0 radical (unpaired) electrons. The lowest BCUT2D eigenvalue weighted by atomic mass is 9.62. The quantitative estimate of drug-likeness (QED) is 0.847. The van der Waals surface area contributed by atoms with E-state index in [2.05, 4.69) is 9.71 Å². The Labute approximate surface area is 151 Å². The molecule has 0 spiro atoms. The number of hydrogen-bond acceptors (Lipinski definition) is 5. The highest BCUT2D eigenvalue weighted by atomic mass is 32.2. The summed E-state index contributed by atoms with van der Waals surface area (Å²) >= 11 is 0. The van der Waals surface area contributed by atoms with E-state index in [-0.39, 0.29) is 34.5 Å². The maximum Gasteiger partial charge on any atom is 0.417 e. The first-order valence-corrected chi connectivity index (χ1v) is 10.8. The zero-order valence-electron chi connectivity index (χ0n) is 14.3. The Hall–Kier alpha value is -1.64. The summed E-state index contributed by atoms with van der Waals surface area (Å²) in [5, 5.41) is 0. The van der Waals surface area contributed by atoms with Gasteiger partial charge in [0.25, 0.3) is 0 Å². The second-order valence-corrected chi connectivity index (χ2v) is 9.44. The molecule has 2 N–H and O–H groups in total. The highest BCUT2D eigenvalue weighted by Gasteiger charge is 2.57. The highest BCUT2D eigenvalue weighted by molar-refractivity contribution is 7.89. The van der Waals surface area contributed by atoms with Gasteiger partial charge in [0.2, 0.25) is 10.0 Å². The first-order chi connectivity index (χ1) is 12.5. The molecule has 2 saturated carbocycles. The van der Waals surface area contributed by atoms with Crippen molar-refractivity contribution >= 4 is 21.1 Å². The largest absolute Gasteiger partial charge is 0.417 e. The molecule has 0 bridgehead atoms. The van der Waals surface area contributed by atoms with E-state index in [4.69, 9.17) is 9.15 Å². The molecular weight excluding hydrogens is 356 g/mol. The van der Waals surface area contributed by atoms with Crippen LogP contribution in [0, 0.1) is 17.8 Å². The summed E-state index contributed by atoms with van der Waals surface area (Å²) < 4.78 is 39.7. The number of sulfonamides is 1. The normalized spacial score (nSPS) is 32.0. The first-order valence-electron chi connectivity index (χ1n) is 9.30. The number of aromatic amines is 1. The first kappa shape index (κ1) is 16.5. The number of rotatable bonds is 4. The van der Waals surface area contributed by atoms with Crippen LogP contribution in [0.5, 0.6) is 0 Å². The van der Waals surface area contributed by atoms with E-state index in [9.17, 15) is 13.2 Å². The van der Waals surface area contributed by atoms with Crippen LogP contribution < -0.4 is 10.5 Å². The van der Waals surface area contributed by atoms with Crippen molar-refractivity contribution in [2.24, 2.45) is 17.8 Å². The lowest BCUT2D eigenvalue weighted by molar-refractivity contribution is -0.0746. The summed E-state index contributed by atoms with van der Waals surface area (Å²) in [6.45, 7) is 0.719. The minimum absolute atomic E-state index is 0.0653. The van der Waals surface area contributed by atoms with Crippen molar-refractivity contribution in [3.8, 4) is 0 Å². The topological polar surface area (TPSA) is 101 Å². The minimum atomic E-state index is -3.69. The fourth-order valence-electron chi connectivity index (χ4n) is 5.16. The van der Waals surface area contributed by atoms with Gasteiger partial charge in [0.15, 0.2) is 5.58 Å². The third kappa shape index (κ3) is 2.54. The van der Waals surface area contributed by atoms with E-state index >= 15 is 0 Å². The Morgan fingerprint density at radius 3 is 2.77 bits per heavy atom. The predicted octanol–water partition coefficient (Wildman–Crippen LogP) is 1.99. The molecule has 0 amide bonds. The van der Waals surface area contributed by atoms with Crippen molar-refractivity contribution in [2.45, 2.75) is 49.1 Å². The predicted molar refractivity (Wildman–Crippen MR) is 94.2 cm³/mol. The van der Waals surface area contributed by atoms with Crippen LogP contribution in [-0.4, -0.2) is 32.2 Å². The third-order valence-electron chi connectivity index (χ3n) is 6.38. The van der Waals surface area contributed by atoms with Gasteiger partial charge in [-0.3, -0.25) is 4.98 Å². The van der Waals surface area contributed by atoms with Crippen LogP contribution in [0.25, 0.3) is 11.1 Å². The Morgan fingerprint density at radius 1 is 1.15 bits per heavy atom. The van der Waals surface area contributed by atoms with Crippen molar-refractivity contribution in [1.82, 2.24) is 9.71 Å². The number of hydrogen-bond donors (Lipinski definition) is 2. The lowest BCUT2D eigenvalue weighted by Gasteiger charge is -2.50. The fourth-order valence-corrected chi connectivity index (χ4v) is 6.50. The molecule has 2 aliphatic carbocycles. The van der Waals surface area contributed by atoms with E-state index in [1.807, 2.05) is 0 Å². The summed E-state index contributed by atoms with van der Waals surface area (Å²) in [6, 6.07) is 4.40. The summed E-state index contributed by atoms with van der Waals surface area (Å²) in [4.78, 5) is 13.9. The monoisotopic (exact) mass is 378 g/mol. The van der Waals surface area contributed by atoms with Crippen LogP contribution in [-0.2, 0) is 14.8 Å². The zero-order chi connectivity index (χ0) is 17.9. The van der Waals surface area contributed by atoms with Gasteiger partial charge in [-0.15, -0.1) is 0 Å². The van der Waals surface area contributed by atoms with Crippen LogP contribution in [0.4, 0.5) is 0 Å². The van der Waals surface area contributed by atoms with Gasteiger partial charge in [0.05, 0.1) is 16.5 Å². The van der Waals surface area contributed by atoms with Gasteiger partial charge in [0, 0.05) is 30.6 Å². The Morgan fingerprint density at radius 2 is 1.96 bits per heavy atom. The van der Waals surface area contributed by atoms with Gasteiger partial charge in [-0.25, -0.2) is 17.9 Å². The molecule has 8 heteroatoms. The zero-order valence-corrected chi connectivity index (χ0v) is 15.1. The maximum atomic E-state index is 13.0. The molecule has 4 atom stereocenters. The van der Waals surface area contributed by atoms with Gasteiger partial charge in [-0.05, 0) is 24.5 Å². The SMILES string of the molecule is O=c1[nH]c2ccc(S(=O)(=O)NC3C4CCOC4C3C3CCCC3)cc2o1. The molecule has 140 valence electrons. The summed E-state index contributed by atoms with van der Waals surface area (Å²) in [5.74, 6) is 0.499. The number of H-pyrrole nitrogens is 1. The van der Waals surface area contributed by atoms with E-state index in [0.717, 1.165) is 25.9 Å². The molecule has 26 heavy (non-hydrogen) atoms. The number of aromatic nitrogens is 1. The number of benzene rings is 1. The maximum absolute atomic E-state index is 13.0. The van der Waals surface area contributed by atoms with E-state index in [1.54, 1.807) is 6.07 Å². The molecule has 5 rings (SSSR count). The Bertz CT molecular complexity index is 984. The van der Waals surface area contributed by atoms with Crippen molar-refractivity contribution < 1.29 is 17.6 Å². The smallest absolute Gasteiger partial charge is 0.408 e. The van der Waals surface area contributed by atoms with E-state index in [1.165, 1.54) is 25.0 Å². The van der Waals surface area contributed by atoms with Crippen LogP contribution in [0.15, 0.2) is 32.3 Å². The Balaban J connectivity index is 1.43. The van der Waals surface area contributed by atoms with Gasteiger partial charge < -0.3 is 9.15 Å². The molecule has 4 unspecified atom stereocenters. The van der Waals surface area contributed by atoms with Crippen LogP contribution in [0.3, 0.4) is 0 Å². The number of oxazole rings is 1. The molecule has 3 aliphatic rings. The molecule has 1 aromatic heterocycles. The number of nitrogens with one attached hydrogen (secondary N) is 2. The van der Waals surface area contributed by atoms with Crippen LogP contribution in [0.1, 0.15) is 32.1 Å². The minimum Gasteiger partial charge on any atom is -0.408 e. The van der Waals surface area contributed by atoms with Gasteiger partial charge in [-0.2, -0.15) is 0 Å². The Kier molecular flexibility index (Phi) is 3.77. The van der Waals surface area contributed by atoms with E-state index in [0.29, 0.717) is 11.4 Å². The van der Waals surface area contributed by atoms with Gasteiger partial charge in [0.1, 0.15) is 0 Å². The number of ether oxygens (including phenoxy) is 1. The highest BCUT2D eigenvalue weighted by Crippen LogP contribution is 2.51. The summed E-state index contributed by atoms with van der Waals surface area (Å²) in [5.41, 5.74) is 0.742. The van der Waals surface area contributed by atoms with E-state index < -0.39 is 15.8 Å². The molecule has 1 saturated heterocycles. The second-order valence-electron chi connectivity index (χ2n) is 7.73. The van der Waals surface area contributed by atoms with Crippen LogP contribution >= 0.6 is 0 Å². The van der Waals surface area contributed by atoms with Crippen LogP contribution in [0.2, 0.25) is 0 Å². The van der Waals surface area contributed by atoms with Gasteiger partial charge >= 0.3 is 5.76 Å². The second kappa shape index (κ2) is 5.94. The van der Waals surface area contributed by atoms with Crippen molar-refractivity contribution in [1.29, 1.82) is 0 Å². The molecule has 2 heterocycles. The van der Waals surface area contributed by atoms with Crippen molar-refractivity contribution in [2.75, 3.05) is 6.61 Å². The molecule has 2 aromatic rings. The molecule has 1 aliphatic heterocycles. The molecule has 7 nitrogen and oxygen atoms in total. The summed E-state index contributed by atoms with van der Waals surface area (Å²) in [7, 11) is -3.69. The molecule has 1 aromatic carbocycles. The van der Waals surface area contributed by atoms with Gasteiger partial charge in [-0.1, -0.05) is 25.7 Å². The average molecular weight is 378 g/mol. The average Bonchev–Trinajstić information content (AvgIpc) is 3.31. The fraction of sp³-hybridized carbons (Fsp3) is 0.611. The lowest BCUT2D eigenvalue weighted by Crippen LogP contribution is -2.63. The molecule has 3 fully saturated rings. The standard InChI is InChI=1S/C18H22N2O5S/c21-18-19-13-6-5-11(9-14(13)25-18)26(22,23)20-16-12-7-8-24-17(12)15(16)10-3-1-2-4-10/h5-6,9-10,12,15-17,20H,1-4,7-8H2,(H,19,21). The number of fused-ring (bicyclic) bond motifs is 2. The molecular formula is C18H22N2O5S. The third-order valence-corrected chi connectivity index (χ3v) is 7.83. The van der Waals surface area contributed by atoms with Crippen molar-refractivity contribution in [3.05, 3.63) is 28.7 Å². The summed E-state index contributed by atoms with van der Waals surface area (Å²) in [6.07, 6.45) is 5.89.